The molecule has 3 unspecified atom stereocenters. The Morgan fingerprint density at radius 3 is 1.78 bits per heavy atom. The van der Waals surface area contributed by atoms with Gasteiger partial charge in [-0.25, -0.2) is 19.1 Å². The number of hydrogen-bond donors (Lipinski definition) is 2. The third kappa shape index (κ3) is 8.92. The molecule has 3 atom stereocenters. The van der Waals surface area contributed by atoms with E-state index in [0.717, 1.165) is 21.5 Å². The first-order chi connectivity index (χ1) is 32.0. The topological polar surface area (TPSA) is 179 Å². The van der Waals surface area contributed by atoms with Crippen molar-refractivity contribution in [1.29, 1.82) is 0 Å². The SMILES string of the molecule is CC(COC(=O)N(C)CCN(C)C(=O)Oc1cc2c(c3ccccc13)C(CCl)CN2C(=O)C12CC(C(=O)N3CC(CCl)c4c3cc(OP(=O)(O)O)c3ccccc43)(C1)C2)SSc1ccccn1. The Morgan fingerprint density at radius 2 is 1.27 bits per heavy atom. The van der Waals surface area contributed by atoms with Crippen molar-refractivity contribution < 1.29 is 47.5 Å². The van der Waals surface area contributed by atoms with Gasteiger partial charge in [-0.1, -0.05) is 65.4 Å². The standard InChI is InChI=1S/C47H48Cl2N5O10PS2/c1-28(66-67-39-14-8-9-15-50-39)24-62-44(57)51(2)16-17-52(3)45(58)63-37-18-35-40(33-12-6-4-10-31(33)37)29(20-48)22-53(35)42(55)46-25-47(26-46,27-46)43(56)54-23-30(21-49)41-34-13-7-5-11-32(34)38(19-36(41)54)64-65(59,60)61/h4-15,18-19,28-30H,16-17,20-27H2,1-3H3,(H2,59,60,61). The highest BCUT2D eigenvalue weighted by molar-refractivity contribution is 8.76. The molecule has 67 heavy (non-hydrogen) atoms. The Labute approximate surface area is 405 Å². The largest absolute Gasteiger partial charge is 0.524 e. The molecule has 3 aliphatic carbocycles. The fourth-order valence-corrected chi connectivity index (χ4v) is 12.9. The van der Waals surface area contributed by atoms with Crippen molar-refractivity contribution in [3.05, 3.63) is 96.2 Å². The van der Waals surface area contributed by atoms with Crippen LogP contribution in [0, 0.1) is 10.8 Å². The summed E-state index contributed by atoms with van der Waals surface area (Å²) in [5.74, 6) is -0.0402. The van der Waals surface area contributed by atoms with E-state index in [4.69, 9.17) is 37.2 Å². The lowest BCUT2D eigenvalue weighted by molar-refractivity contribution is -0.204. The van der Waals surface area contributed by atoms with E-state index in [9.17, 15) is 33.5 Å². The quantitative estimate of drug-likeness (QED) is 0.0576. The molecule has 1 aromatic heterocycles. The molecule has 3 saturated carbocycles. The number of alkyl halides is 2. The Balaban J connectivity index is 0.872. The van der Waals surface area contributed by atoms with E-state index in [1.807, 2.05) is 61.5 Å². The van der Waals surface area contributed by atoms with Crippen LogP contribution in [0.2, 0.25) is 0 Å². The molecular weight excluding hydrogens is 961 g/mol. The number of anilines is 2. The van der Waals surface area contributed by atoms with Crippen LogP contribution in [0.25, 0.3) is 21.5 Å². The van der Waals surface area contributed by atoms with Crippen LogP contribution >= 0.6 is 52.6 Å². The first-order valence-corrected chi connectivity index (χ1v) is 26.5. The van der Waals surface area contributed by atoms with Gasteiger partial charge in [0.2, 0.25) is 11.8 Å². The summed E-state index contributed by atoms with van der Waals surface area (Å²) >= 11 is 13.1. The number of carbonyl (C=O) groups is 4. The normalized spacial score (nSPS) is 21.8. The zero-order valence-corrected chi connectivity index (χ0v) is 40.8. The summed E-state index contributed by atoms with van der Waals surface area (Å²) in [5, 5.41) is 3.55. The molecule has 2 bridgehead atoms. The summed E-state index contributed by atoms with van der Waals surface area (Å²) in [6.45, 7) is 3.10. The van der Waals surface area contributed by atoms with E-state index in [2.05, 4.69) is 4.98 Å². The number of rotatable bonds is 15. The average Bonchev–Trinajstić information content (AvgIpc) is 3.86. The average molecular weight is 1010 g/mol. The predicted molar refractivity (Wildman–Crippen MR) is 261 cm³/mol. The lowest BCUT2D eigenvalue weighted by Crippen LogP contribution is -2.73. The molecule has 3 heterocycles. The Kier molecular flexibility index (Phi) is 13.2. The van der Waals surface area contributed by atoms with Crippen molar-refractivity contribution in [1.82, 2.24) is 14.8 Å². The van der Waals surface area contributed by atoms with Crippen molar-refractivity contribution in [2.75, 3.05) is 68.4 Å². The van der Waals surface area contributed by atoms with E-state index in [-0.39, 0.29) is 78.4 Å². The van der Waals surface area contributed by atoms with Gasteiger partial charge in [-0.2, -0.15) is 0 Å². The van der Waals surface area contributed by atoms with Crippen molar-refractivity contribution in [3.63, 3.8) is 0 Å². The number of benzene rings is 4. The molecule has 0 saturated heterocycles. The minimum Gasteiger partial charge on any atom is -0.448 e. The second-order valence-electron chi connectivity index (χ2n) is 17.9. The van der Waals surface area contributed by atoms with Gasteiger partial charge in [0, 0.05) is 98.2 Å². The van der Waals surface area contributed by atoms with Crippen LogP contribution in [0.5, 0.6) is 11.5 Å². The smallest absolute Gasteiger partial charge is 0.448 e. The predicted octanol–water partition coefficient (Wildman–Crippen LogP) is 9.40. The molecule has 0 radical (unpaired) electrons. The van der Waals surface area contributed by atoms with E-state index in [1.54, 1.807) is 59.1 Å². The molecule has 352 valence electrons. The second-order valence-corrected chi connectivity index (χ2v) is 22.3. The lowest BCUT2D eigenvalue weighted by atomic mass is 9.34. The van der Waals surface area contributed by atoms with E-state index in [0.29, 0.717) is 53.3 Å². The molecule has 10 rings (SSSR count). The number of phosphoric acid groups is 1. The first kappa shape index (κ1) is 47.3. The van der Waals surface area contributed by atoms with Gasteiger partial charge in [-0.05, 0) is 71.0 Å². The van der Waals surface area contributed by atoms with Gasteiger partial charge in [0.1, 0.15) is 23.1 Å². The Morgan fingerprint density at radius 1 is 0.776 bits per heavy atom. The van der Waals surface area contributed by atoms with Crippen molar-refractivity contribution in [2.45, 2.75) is 48.3 Å². The Hall–Kier alpha value is -4.74. The van der Waals surface area contributed by atoms with Crippen LogP contribution < -0.4 is 19.1 Å². The van der Waals surface area contributed by atoms with Crippen molar-refractivity contribution in [2.24, 2.45) is 10.8 Å². The van der Waals surface area contributed by atoms with Crippen LogP contribution in [0.15, 0.2) is 90.1 Å². The fraction of sp³-hybridized carbons (Fsp3) is 0.383. The number of phosphoric ester groups is 1. The third-order valence-corrected chi connectivity index (χ3v) is 17.2. The summed E-state index contributed by atoms with van der Waals surface area (Å²) in [5.41, 5.74) is 1.20. The molecule has 2 aliphatic heterocycles. The molecule has 20 heteroatoms. The van der Waals surface area contributed by atoms with Crippen molar-refractivity contribution in [3.8, 4) is 11.5 Å². The minimum absolute atomic E-state index is 0.0125. The highest BCUT2D eigenvalue weighted by atomic mass is 35.5. The van der Waals surface area contributed by atoms with Crippen LogP contribution in [-0.2, 0) is 18.9 Å². The van der Waals surface area contributed by atoms with Gasteiger partial charge in [0.05, 0.1) is 22.2 Å². The van der Waals surface area contributed by atoms with E-state index in [1.165, 1.54) is 26.7 Å². The van der Waals surface area contributed by atoms with Crippen molar-refractivity contribution >= 4 is 110 Å². The molecular formula is C47H48Cl2N5O10PS2. The summed E-state index contributed by atoms with van der Waals surface area (Å²) in [4.78, 5) is 85.7. The maximum Gasteiger partial charge on any atom is 0.524 e. The van der Waals surface area contributed by atoms with Gasteiger partial charge in [0.25, 0.3) is 0 Å². The summed E-state index contributed by atoms with van der Waals surface area (Å²) in [6, 6.07) is 23.5. The summed E-state index contributed by atoms with van der Waals surface area (Å²) in [6.07, 6.45) is 1.55. The maximum atomic E-state index is 14.8. The van der Waals surface area contributed by atoms with Crippen LogP contribution in [0.4, 0.5) is 21.0 Å². The van der Waals surface area contributed by atoms with Gasteiger partial charge in [0.15, 0.2) is 0 Å². The molecule has 5 aromatic rings. The number of amides is 4. The third-order valence-electron chi connectivity index (χ3n) is 13.2. The van der Waals surface area contributed by atoms with Crippen LogP contribution in [0.3, 0.4) is 0 Å². The highest BCUT2D eigenvalue weighted by Crippen LogP contribution is 2.75. The number of likely N-dealkylation sites (N-methyl/N-ethyl adjacent to an activating group) is 2. The molecule has 0 spiro atoms. The molecule has 4 aromatic carbocycles. The number of nitrogens with zero attached hydrogens (tertiary/aromatic N) is 5. The molecule has 3 fully saturated rings. The number of ether oxygens (including phenoxy) is 2. The first-order valence-electron chi connectivity index (χ1n) is 21.7. The summed E-state index contributed by atoms with van der Waals surface area (Å²) in [7, 11) is 1.31. The van der Waals surface area contributed by atoms with E-state index < -0.39 is 30.8 Å². The number of halogens is 2. The van der Waals surface area contributed by atoms with E-state index >= 15 is 0 Å². The zero-order chi connectivity index (χ0) is 47.4. The molecule has 5 aliphatic rings. The van der Waals surface area contributed by atoms with Crippen LogP contribution in [-0.4, -0.2) is 112 Å². The van der Waals surface area contributed by atoms with Gasteiger partial charge in [-0.15, -0.1) is 23.2 Å². The minimum atomic E-state index is -4.94. The van der Waals surface area contributed by atoms with Gasteiger partial charge >= 0.3 is 20.0 Å². The molecule has 15 nitrogen and oxygen atoms in total. The Bertz CT molecular complexity index is 2820. The highest BCUT2D eigenvalue weighted by Gasteiger charge is 2.76. The maximum absolute atomic E-state index is 14.8. The number of aromatic nitrogens is 1. The molecule has 4 amide bonds. The van der Waals surface area contributed by atoms with Gasteiger partial charge < -0.3 is 33.6 Å². The number of hydrogen-bond acceptors (Lipinski definition) is 11. The number of carbonyl (C=O) groups excluding carboxylic acids is 4. The molecule has 2 N–H and O–H groups in total. The number of pyridine rings is 1. The van der Waals surface area contributed by atoms with Gasteiger partial charge in [-0.3, -0.25) is 19.4 Å². The zero-order valence-electron chi connectivity index (χ0n) is 36.8. The monoisotopic (exact) mass is 1010 g/mol. The summed E-state index contributed by atoms with van der Waals surface area (Å²) < 4.78 is 28.7. The number of fused-ring (bicyclic) bond motifs is 6. The second kappa shape index (κ2) is 18.6. The van der Waals surface area contributed by atoms with Crippen LogP contribution in [0.1, 0.15) is 49.1 Å². The fourth-order valence-electron chi connectivity index (χ4n) is 10.1. The lowest BCUT2D eigenvalue weighted by Gasteiger charge is -2.69.